The lowest BCUT2D eigenvalue weighted by molar-refractivity contribution is -0.138. The minimum absolute atomic E-state index is 0.000697. The first-order valence-electron chi connectivity index (χ1n) is 6.20. The van der Waals surface area contributed by atoms with Crippen LogP contribution in [0.15, 0.2) is 18.3 Å². The topological polar surface area (TPSA) is 45.1 Å². The molecule has 1 heterocycles. The minimum Gasteiger partial charge on any atom is -0.393 e. The fourth-order valence-electron chi connectivity index (χ4n) is 1.94. The van der Waals surface area contributed by atoms with Gasteiger partial charge in [0.15, 0.2) is 0 Å². The molecule has 0 bridgehead atoms. The molecule has 0 amide bonds. The molecule has 0 aliphatic rings. The lowest BCUT2D eigenvalue weighted by Gasteiger charge is -2.15. The molecule has 19 heavy (non-hydrogen) atoms. The van der Waals surface area contributed by atoms with Crippen molar-refractivity contribution < 1.29 is 18.3 Å². The number of hydrogen-bond acceptors (Lipinski definition) is 3. The zero-order chi connectivity index (χ0) is 14.5. The Kier molecular flexibility index (Phi) is 5.75. The van der Waals surface area contributed by atoms with Crippen LogP contribution in [0.4, 0.5) is 13.2 Å². The molecular weight excluding hydrogens is 257 g/mol. The number of alkyl halides is 3. The van der Waals surface area contributed by atoms with Crippen LogP contribution >= 0.6 is 0 Å². The van der Waals surface area contributed by atoms with Crippen LogP contribution in [-0.2, 0) is 12.7 Å². The molecule has 0 fully saturated rings. The fourth-order valence-corrected chi connectivity index (χ4v) is 1.94. The summed E-state index contributed by atoms with van der Waals surface area (Å²) in [4.78, 5) is 3.77. The molecule has 0 aliphatic carbocycles. The zero-order valence-corrected chi connectivity index (χ0v) is 11.0. The van der Waals surface area contributed by atoms with E-state index in [-0.39, 0.29) is 18.2 Å². The molecule has 1 aromatic heterocycles. The molecule has 0 spiro atoms. The third-order valence-electron chi connectivity index (χ3n) is 2.72. The van der Waals surface area contributed by atoms with Gasteiger partial charge >= 0.3 is 6.18 Å². The van der Waals surface area contributed by atoms with Gasteiger partial charge in [0.05, 0.1) is 17.4 Å². The second-order valence-corrected chi connectivity index (χ2v) is 4.82. The van der Waals surface area contributed by atoms with Gasteiger partial charge in [-0.25, -0.2) is 0 Å². The lowest BCUT2D eigenvalue weighted by Crippen LogP contribution is -2.25. The molecule has 0 saturated carbocycles. The first kappa shape index (κ1) is 15.9. The lowest BCUT2D eigenvalue weighted by atomic mass is 10.0. The van der Waals surface area contributed by atoms with Crippen LogP contribution in [0.1, 0.15) is 31.5 Å². The van der Waals surface area contributed by atoms with E-state index in [1.54, 1.807) is 6.92 Å². The van der Waals surface area contributed by atoms with Crippen molar-refractivity contribution >= 4 is 0 Å². The summed E-state index contributed by atoms with van der Waals surface area (Å²) in [6.07, 6.45) is -2.82. The van der Waals surface area contributed by atoms with Crippen LogP contribution in [0, 0.1) is 5.92 Å². The van der Waals surface area contributed by atoms with Crippen LogP contribution in [0.5, 0.6) is 0 Å². The Hall–Kier alpha value is -1.14. The predicted octanol–water partition coefficient (Wildman–Crippen LogP) is 2.60. The van der Waals surface area contributed by atoms with Gasteiger partial charge in [-0.15, -0.1) is 0 Å². The van der Waals surface area contributed by atoms with Gasteiger partial charge in [0.2, 0.25) is 0 Å². The van der Waals surface area contributed by atoms with E-state index in [1.165, 1.54) is 12.3 Å². The maximum absolute atomic E-state index is 12.7. The Morgan fingerprint density at radius 3 is 2.63 bits per heavy atom. The molecule has 2 N–H and O–H groups in total. The number of aromatic nitrogens is 1. The largest absolute Gasteiger partial charge is 0.418 e. The third-order valence-corrected chi connectivity index (χ3v) is 2.72. The van der Waals surface area contributed by atoms with Crippen molar-refractivity contribution in [2.24, 2.45) is 5.92 Å². The van der Waals surface area contributed by atoms with E-state index in [0.717, 1.165) is 6.07 Å². The Balaban J connectivity index is 2.54. The number of halogens is 3. The average molecular weight is 276 g/mol. The number of rotatable bonds is 6. The smallest absolute Gasteiger partial charge is 0.393 e. The molecule has 0 aliphatic heterocycles. The normalized spacial score (nSPS) is 15.3. The first-order chi connectivity index (χ1) is 8.80. The minimum atomic E-state index is -4.38. The molecular formula is C13H19F3N2O. The Bertz CT molecular complexity index is 394. The van der Waals surface area contributed by atoms with Gasteiger partial charge in [-0.1, -0.05) is 6.92 Å². The van der Waals surface area contributed by atoms with Crippen LogP contribution in [0.2, 0.25) is 0 Å². The van der Waals surface area contributed by atoms with E-state index < -0.39 is 17.8 Å². The van der Waals surface area contributed by atoms with Gasteiger partial charge in [-0.2, -0.15) is 13.2 Å². The molecule has 1 aromatic rings. The van der Waals surface area contributed by atoms with Crippen molar-refractivity contribution in [3.05, 3.63) is 29.6 Å². The molecule has 2 unspecified atom stereocenters. The number of nitrogens with zero attached hydrogens (tertiary/aromatic N) is 1. The maximum atomic E-state index is 12.7. The van der Waals surface area contributed by atoms with Gasteiger partial charge in [0, 0.05) is 12.7 Å². The molecule has 0 radical (unpaired) electrons. The standard InChI is InChI=1S/C13H19F3N2O/c1-9(6-10(2)19)7-17-8-12-11(13(14,15)16)4-3-5-18-12/h3-5,9-10,17,19H,6-8H2,1-2H3. The van der Waals surface area contributed by atoms with Crippen molar-refractivity contribution in [1.29, 1.82) is 0 Å². The number of pyridine rings is 1. The Labute approximate surface area is 110 Å². The van der Waals surface area contributed by atoms with Gasteiger partial charge in [0.1, 0.15) is 0 Å². The van der Waals surface area contributed by atoms with E-state index in [4.69, 9.17) is 0 Å². The van der Waals surface area contributed by atoms with E-state index >= 15 is 0 Å². The molecule has 1 rings (SSSR count). The highest BCUT2D eigenvalue weighted by atomic mass is 19.4. The maximum Gasteiger partial charge on any atom is 0.418 e. The van der Waals surface area contributed by atoms with Crippen LogP contribution in [0.3, 0.4) is 0 Å². The van der Waals surface area contributed by atoms with Crippen molar-refractivity contribution in [3.63, 3.8) is 0 Å². The quantitative estimate of drug-likeness (QED) is 0.839. The summed E-state index contributed by atoms with van der Waals surface area (Å²) in [6.45, 7) is 4.23. The molecule has 0 saturated heterocycles. The molecule has 0 aromatic carbocycles. The molecule has 2 atom stereocenters. The van der Waals surface area contributed by atoms with Gasteiger partial charge in [-0.05, 0) is 37.9 Å². The number of nitrogens with one attached hydrogen (secondary N) is 1. The first-order valence-corrected chi connectivity index (χ1v) is 6.20. The monoisotopic (exact) mass is 276 g/mol. The summed E-state index contributed by atoms with van der Waals surface area (Å²) in [7, 11) is 0. The van der Waals surface area contributed by atoms with Gasteiger partial charge in [0.25, 0.3) is 0 Å². The second-order valence-electron chi connectivity index (χ2n) is 4.82. The Morgan fingerprint density at radius 1 is 1.37 bits per heavy atom. The summed E-state index contributed by atoms with van der Waals surface area (Å²) in [5, 5.41) is 12.1. The van der Waals surface area contributed by atoms with E-state index in [1.807, 2.05) is 6.92 Å². The third kappa shape index (κ3) is 5.57. The van der Waals surface area contributed by atoms with Crippen molar-refractivity contribution in [2.45, 2.75) is 39.1 Å². The predicted molar refractivity (Wildman–Crippen MR) is 66.4 cm³/mol. The molecule has 108 valence electrons. The summed E-state index contributed by atoms with van der Waals surface area (Å²) >= 11 is 0. The second kappa shape index (κ2) is 6.86. The summed E-state index contributed by atoms with van der Waals surface area (Å²) in [5.41, 5.74) is -0.704. The summed E-state index contributed by atoms with van der Waals surface area (Å²) < 4.78 is 38.1. The summed E-state index contributed by atoms with van der Waals surface area (Å²) in [6, 6.07) is 2.31. The van der Waals surface area contributed by atoms with Crippen molar-refractivity contribution in [3.8, 4) is 0 Å². The Morgan fingerprint density at radius 2 is 2.05 bits per heavy atom. The van der Waals surface area contributed by atoms with Crippen LogP contribution in [-0.4, -0.2) is 22.7 Å². The van der Waals surface area contributed by atoms with Gasteiger partial charge in [-0.3, -0.25) is 4.98 Å². The highest BCUT2D eigenvalue weighted by Crippen LogP contribution is 2.30. The van der Waals surface area contributed by atoms with Gasteiger partial charge < -0.3 is 10.4 Å². The summed E-state index contributed by atoms with van der Waals surface area (Å²) in [5.74, 6) is 0.193. The van der Waals surface area contributed by atoms with Crippen LogP contribution in [0.25, 0.3) is 0 Å². The van der Waals surface area contributed by atoms with E-state index in [0.29, 0.717) is 13.0 Å². The number of hydrogen-bond donors (Lipinski definition) is 2. The highest BCUT2D eigenvalue weighted by molar-refractivity contribution is 5.22. The average Bonchev–Trinajstić information content (AvgIpc) is 2.27. The SMILES string of the molecule is CC(O)CC(C)CNCc1ncccc1C(F)(F)F. The fraction of sp³-hybridized carbons (Fsp3) is 0.615. The van der Waals surface area contributed by atoms with Crippen molar-refractivity contribution in [2.75, 3.05) is 6.54 Å². The highest BCUT2D eigenvalue weighted by Gasteiger charge is 2.33. The van der Waals surface area contributed by atoms with Crippen molar-refractivity contribution in [1.82, 2.24) is 10.3 Å². The number of aliphatic hydroxyl groups is 1. The van der Waals surface area contributed by atoms with E-state index in [9.17, 15) is 18.3 Å². The number of aliphatic hydroxyl groups excluding tert-OH is 1. The molecule has 3 nitrogen and oxygen atoms in total. The van der Waals surface area contributed by atoms with Crippen LogP contribution < -0.4 is 5.32 Å². The molecule has 6 heteroatoms. The van der Waals surface area contributed by atoms with E-state index in [2.05, 4.69) is 10.3 Å². The zero-order valence-electron chi connectivity index (χ0n) is 11.0.